The average Bonchev–Trinajstić information content (AvgIpc) is 3.36. The number of furan rings is 1. The van der Waals surface area contributed by atoms with Crippen molar-refractivity contribution >= 4 is 27.5 Å². The number of hydrogen-bond donors (Lipinski definition) is 0. The summed E-state index contributed by atoms with van der Waals surface area (Å²) in [6.45, 7) is 5.22. The van der Waals surface area contributed by atoms with Gasteiger partial charge in [0.05, 0.1) is 29.9 Å². The Balaban J connectivity index is 1.60. The highest BCUT2D eigenvalue weighted by Crippen LogP contribution is 2.30. The third-order valence-electron chi connectivity index (χ3n) is 4.59. The standard InChI is InChI=1S/C21H21N3O2S/c1-14-6-8-16(9-7-14)12-24-21-18(15(2)22-24)11-19(27-21)20(25)23(3)13-17-5-4-10-26-17/h4-11H,12-13H2,1-3H3. The van der Waals surface area contributed by atoms with Crippen LogP contribution in [0, 0.1) is 13.8 Å². The van der Waals surface area contributed by atoms with Crippen molar-refractivity contribution in [3.05, 3.63) is 76.2 Å². The van der Waals surface area contributed by atoms with Crippen LogP contribution in [-0.2, 0) is 13.1 Å². The number of thiophene rings is 1. The maximum absolute atomic E-state index is 12.8. The van der Waals surface area contributed by atoms with Gasteiger partial charge in [-0.05, 0) is 37.6 Å². The molecule has 4 rings (SSSR count). The second kappa shape index (κ2) is 7.04. The summed E-state index contributed by atoms with van der Waals surface area (Å²) in [5.41, 5.74) is 3.38. The van der Waals surface area contributed by atoms with Crippen molar-refractivity contribution in [1.29, 1.82) is 0 Å². The second-order valence-corrected chi connectivity index (χ2v) is 7.83. The topological polar surface area (TPSA) is 51.3 Å². The largest absolute Gasteiger partial charge is 0.467 e. The molecular weight excluding hydrogens is 358 g/mol. The van der Waals surface area contributed by atoms with Gasteiger partial charge in [-0.3, -0.25) is 9.48 Å². The van der Waals surface area contributed by atoms with E-state index in [1.54, 1.807) is 18.2 Å². The van der Waals surface area contributed by atoms with Gasteiger partial charge >= 0.3 is 0 Å². The van der Waals surface area contributed by atoms with Gasteiger partial charge < -0.3 is 9.32 Å². The van der Waals surface area contributed by atoms with E-state index in [4.69, 9.17) is 4.42 Å². The summed E-state index contributed by atoms with van der Waals surface area (Å²) in [7, 11) is 1.79. The van der Waals surface area contributed by atoms with E-state index in [2.05, 4.69) is 36.3 Å². The van der Waals surface area contributed by atoms with Crippen molar-refractivity contribution in [2.45, 2.75) is 26.9 Å². The van der Waals surface area contributed by atoms with Crippen LogP contribution < -0.4 is 0 Å². The maximum atomic E-state index is 12.8. The van der Waals surface area contributed by atoms with Gasteiger partial charge in [0.15, 0.2) is 0 Å². The number of hydrogen-bond acceptors (Lipinski definition) is 4. The van der Waals surface area contributed by atoms with Crippen molar-refractivity contribution in [1.82, 2.24) is 14.7 Å². The van der Waals surface area contributed by atoms with Gasteiger partial charge in [0.25, 0.3) is 5.91 Å². The van der Waals surface area contributed by atoms with E-state index in [0.717, 1.165) is 26.5 Å². The van der Waals surface area contributed by atoms with Crippen LogP contribution >= 0.6 is 11.3 Å². The van der Waals surface area contributed by atoms with Crippen molar-refractivity contribution in [3.63, 3.8) is 0 Å². The molecule has 0 aliphatic heterocycles. The number of aryl methyl sites for hydroxylation is 2. The normalized spacial score (nSPS) is 11.2. The first-order valence-corrected chi connectivity index (χ1v) is 9.63. The zero-order chi connectivity index (χ0) is 19.0. The fourth-order valence-electron chi connectivity index (χ4n) is 3.09. The SMILES string of the molecule is Cc1ccc(Cn2nc(C)c3cc(C(=O)N(C)Cc4ccco4)sc32)cc1. The van der Waals surface area contributed by atoms with E-state index in [9.17, 15) is 4.79 Å². The van der Waals surface area contributed by atoms with Gasteiger partial charge in [-0.2, -0.15) is 5.10 Å². The molecule has 138 valence electrons. The number of fused-ring (bicyclic) bond motifs is 1. The Morgan fingerprint density at radius 2 is 2.00 bits per heavy atom. The molecule has 0 radical (unpaired) electrons. The molecule has 3 aromatic heterocycles. The molecule has 4 aromatic rings. The summed E-state index contributed by atoms with van der Waals surface area (Å²) in [4.78, 5) is 16.2. The Bertz CT molecular complexity index is 1070. The Morgan fingerprint density at radius 3 is 2.70 bits per heavy atom. The van der Waals surface area contributed by atoms with Gasteiger partial charge in [0, 0.05) is 12.4 Å². The number of rotatable bonds is 5. The van der Waals surface area contributed by atoms with Gasteiger partial charge in [0.1, 0.15) is 10.6 Å². The minimum atomic E-state index is -0.00566. The lowest BCUT2D eigenvalue weighted by Gasteiger charge is -2.14. The van der Waals surface area contributed by atoms with Crippen LogP contribution in [0.25, 0.3) is 10.2 Å². The minimum Gasteiger partial charge on any atom is -0.467 e. The van der Waals surface area contributed by atoms with Gasteiger partial charge in [-0.15, -0.1) is 11.3 Å². The zero-order valence-electron chi connectivity index (χ0n) is 15.6. The number of carbonyl (C=O) groups excluding carboxylic acids is 1. The molecule has 5 nitrogen and oxygen atoms in total. The summed E-state index contributed by atoms with van der Waals surface area (Å²) in [6, 6.07) is 14.1. The molecule has 3 heterocycles. The summed E-state index contributed by atoms with van der Waals surface area (Å²) in [5.74, 6) is 0.766. The maximum Gasteiger partial charge on any atom is 0.264 e. The first-order chi connectivity index (χ1) is 13.0. The van der Waals surface area contributed by atoms with Crippen molar-refractivity contribution < 1.29 is 9.21 Å². The van der Waals surface area contributed by atoms with Crippen LogP contribution in [0.1, 0.15) is 32.3 Å². The Morgan fingerprint density at radius 1 is 1.22 bits per heavy atom. The highest BCUT2D eigenvalue weighted by molar-refractivity contribution is 7.20. The van der Waals surface area contributed by atoms with Crippen molar-refractivity contribution in [3.8, 4) is 0 Å². The molecule has 0 bridgehead atoms. The molecule has 1 aromatic carbocycles. The summed E-state index contributed by atoms with van der Waals surface area (Å²) in [5, 5.41) is 5.70. The molecule has 0 fully saturated rings. The molecule has 27 heavy (non-hydrogen) atoms. The molecule has 0 saturated carbocycles. The lowest BCUT2D eigenvalue weighted by atomic mass is 10.1. The lowest BCUT2D eigenvalue weighted by Crippen LogP contribution is -2.25. The van der Waals surface area contributed by atoms with Gasteiger partial charge in [0.2, 0.25) is 0 Å². The summed E-state index contributed by atoms with van der Waals surface area (Å²) in [6.07, 6.45) is 1.62. The molecule has 0 N–H and O–H groups in total. The number of carbonyl (C=O) groups is 1. The summed E-state index contributed by atoms with van der Waals surface area (Å²) < 4.78 is 7.33. The number of amides is 1. The smallest absolute Gasteiger partial charge is 0.264 e. The first kappa shape index (κ1) is 17.5. The average molecular weight is 379 g/mol. The number of nitrogens with zero attached hydrogens (tertiary/aromatic N) is 3. The highest BCUT2D eigenvalue weighted by Gasteiger charge is 2.19. The molecule has 0 unspecified atom stereocenters. The number of aromatic nitrogens is 2. The quantitative estimate of drug-likeness (QED) is 0.508. The Labute approximate surface area is 161 Å². The first-order valence-electron chi connectivity index (χ1n) is 8.81. The molecule has 0 saturated heterocycles. The molecule has 0 atom stereocenters. The van der Waals surface area contributed by atoms with Crippen LogP contribution in [0.4, 0.5) is 0 Å². The third kappa shape index (κ3) is 3.53. The van der Waals surface area contributed by atoms with Crippen LogP contribution in [0.5, 0.6) is 0 Å². The van der Waals surface area contributed by atoms with E-state index in [1.165, 1.54) is 22.5 Å². The molecule has 0 spiro atoms. The molecule has 0 aliphatic rings. The second-order valence-electron chi connectivity index (χ2n) is 6.80. The van der Waals surface area contributed by atoms with Crippen LogP contribution in [0.2, 0.25) is 0 Å². The third-order valence-corrected chi connectivity index (χ3v) is 5.73. The minimum absolute atomic E-state index is 0.00566. The van der Waals surface area contributed by atoms with Crippen molar-refractivity contribution in [2.75, 3.05) is 7.05 Å². The van der Waals surface area contributed by atoms with Crippen LogP contribution in [-0.4, -0.2) is 27.6 Å². The fraction of sp³-hybridized carbons (Fsp3) is 0.238. The molecule has 0 aliphatic carbocycles. The molecule has 6 heteroatoms. The predicted molar refractivity (Wildman–Crippen MR) is 107 cm³/mol. The Hall–Kier alpha value is -2.86. The van der Waals surface area contributed by atoms with Gasteiger partial charge in [-0.1, -0.05) is 29.8 Å². The van der Waals surface area contributed by atoms with E-state index >= 15 is 0 Å². The number of benzene rings is 1. The van der Waals surface area contributed by atoms with E-state index < -0.39 is 0 Å². The lowest BCUT2D eigenvalue weighted by molar-refractivity contribution is 0.0780. The van der Waals surface area contributed by atoms with E-state index in [0.29, 0.717) is 13.1 Å². The Kier molecular flexibility index (Phi) is 4.58. The van der Waals surface area contributed by atoms with Gasteiger partial charge in [-0.25, -0.2) is 0 Å². The molecule has 1 amide bonds. The fourth-order valence-corrected chi connectivity index (χ4v) is 4.24. The molecular formula is C21H21N3O2S. The van der Waals surface area contributed by atoms with Crippen LogP contribution in [0.3, 0.4) is 0 Å². The predicted octanol–water partition coefficient (Wildman–Crippen LogP) is 4.63. The van der Waals surface area contributed by atoms with E-state index in [-0.39, 0.29) is 5.91 Å². The van der Waals surface area contributed by atoms with Crippen LogP contribution in [0.15, 0.2) is 53.1 Å². The summed E-state index contributed by atoms with van der Waals surface area (Å²) >= 11 is 1.49. The highest BCUT2D eigenvalue weighted by atomic mass is 32.1. The van der Waals surface area contributed by atoms with Crippen molar-refractivity contribution in [2.24, 2.45) is 0 Å². The zero-order valence-corrected chi connectivity index (χ0v) is 16.4. The van der Waals surface area contributed by atoms with E-state index in [1.807, 2.05) is 29.8 Å². The monoisotopic (exact) mass is 379 g/mol.